The largest absolute Gasteiger partial charge is 0.391 e. The second-order valence-electron chi connectivity index (χ2n) is 13.5. The first-order chi connectivity index (χ1) is 18.3. The summed E-state index contributed by atoms with van der Waals surface area (Å²) < 4.78 is 40.4. The van der Waals surface area contributed by atoms with Gasteiger partial charge >= 0.3 is 6.18 Å². The molecule has 38 heavy (non-hydrogen) atoms. The molecule has 10 atom stereocenters. The van der Waals surface area contributed by atoms with E-state index in [1.165, 1.54) is 32.1 Å². The van der Waals surface area contributed by atoms with Crippen LogP contribution in [0.1, 0.15) is 109 Å². The molecule has 0 aromatic rings. The number of Topliss-reactive ketones (excluding diaryl/α,β-unsaturated/α-hetero) is 2. The molecule has 214 valence electrons. The molecule has 0 heterocycles. The van der Waals surface area contributed by atoms with Gasteiger partial charge in [-0.25, -0.2) is 0 Å². The fraction of sp³-hybridized carbons (Fsp3) is 0.935. The molecule has 6 rings (SSSR count). The second kappa shape index (κ2) is 11.6. The summed E-state index contributed by atoms with van der Waals surface area (Å²) in [4.78, 5) is 28.2. The quantitative estimate of drug-likeness (QED) is 0.339. The van der Waals surface area contributed by atoms with Gasteiger partial charge in [0.1, 0.15) is 11.6 Å². The zero-order chi connectivity index (χ0) is 26.4. The topological polar surface area (TPSA) is 34.1 Å². The van der Waals surface area contributed by atoms with Gasteiger partial charge in [0.2, 0.25) is 0 Å². The van der Waals surface area contributed by atoms with E-state index < -0.39 is 12.1 Å². The predicted octanol–water partition coefficient (Wildman–Crippen LogP) is 8.65. The van der Waals surface area contributed by atoms with Gasteiger partial charge in [0.25, 0.3) is 0 Å². The van der Waals surface area contributed by atoms with Crippen LogP contribution in [0.2, 0.25) is 0 Å². The van der Waals surface area contributed by atoms with Crippen molar-refractivity contribution < 1.29 is 22.8 Å². The van der Waals surface area contributed by atoms with Crippen LogP contribution >= 0.6 is 23.5 Å². The second-order valence-corrected chi connectivity index (χ2v) is 16.6. The minimum atomic E-state index is -4.07. The summed E-state index contributed by atoms with van der Waals surface area (Å²) >= 11 is 3.96. The van der Waals surface area contributed by atoms with Gasteiger partial charge in [0.15, 0.2) is 0 Å². The first-order valence-corrected chi connectivity index (χ1v) is 17.6. The van der Waals surface area contributed by atoms with Crippen molar-refractivity contribution >= 4 is 35.1 Å². The smallest absolute Gasteiger partial charge is 0.299 e. The van der Waals surface area contributed by atoms with Gasteiger partial charge in [0.05, 0.1) is 5.92 Å². The molecule has 0 radical (unpaired) electrons. The first-order valence-electron chi connectivity index (χ1n) is 15.7. The van der Waals surface area contributed by atoms with Gasteiger partial charge in [-0.1, -0.05) is 32.1 Å². The van der Waals surface area contributed by atoms with Gasteiger partial charge in [-0.2, -0.15) is 36.7 Å². The minimum absolute atomic E-state index is 0.0647. The van der Waals surface area contributed by atoms with Crippen LogP contribution in [0, 0.1) is 41.4 Å². The summed E-state index contributed by atoms with van der Waals surface area (Å²) in [5.74, 6) is -0.125. The molecule has 0 aromatic heterocycles. The fourth-order valence-electron chi connectivity index (χ4n) is 9.48. The number of hydrogen-bond acceptors (Lipinski definition) is 4. The van der Waals surface area contributed by atoms with Crippen molar-refractivity contribution in [1.82, 2.24) is 0 Å². The number of halogens is 3. The minimum Gasteiger partial charge on any atom is -0.299 e. The Bertz CT molecular complexity index is 872. The van der Waals surface area contributed by atoms with Crippen molar-refractivity contribution in [2.75, 3.05) is 0 Å². The maximum Gasteiger partial charge on any atom is 0.391 e. The third kappa shape index (κ3) is 5.63. The molecule has 6 aliphatic carbocycles. The van der Waals surface area contributed by atoms with Crippen LogP contribution in [0.5, 0.6) is 0 Å². The summed E-state index contributed by atoms with van der Waals surface area (Å²) in [6.07, 6.45) is 12.5. The van der Waals surface area contributed by atoms with Crippen molar-refractivity contribution in [2.45, 2.75) is 136 Å². The number of alkyl halides is 3. The monoisotopic (exact) mass is 570 g/mol. The van der Waals surface area contributed by atoms with Gasteiger partial charge in [-0.05, 0) is 88.9 Å². The van der Waals surface area contributed by atoms with E-state index in [2.05, 4.69) is 11.8 Å². The van der Waals surface area contributed by atoms with E-state index in [0.29, 0.717) is 46.1 Å². The Hall–Kier alpha value is -0.170. The Balaban J connectivity index is 1.13. The SMILES string of the molecule is O=C1C2CCCC(SC3CCC4CCC(C(F)(F)F)CC4C3)C2C(=O)C2CCCC(SC3CCCCC3)C12. The fourth-order valence-corrected chi connectivity index (χ4v) is 13.3. The van der Waals surface area contributed by atoms with E-state index in [9.17, 15) is 22.8 Å². The number of carbonyl (C=O) groups is 2. The van der Waals surface area contributed by atoms with Crippen molar-refractivity contribution in [3.63, 3.8) is 0 Å². The average Bonchev–Trinajstić information content (AvgIpc) is 2.91. The molecule has 7 heteroatoms. The maximum atomic E-state index is 14.1. The van der Waals surface area contributed by atoms with Crippen LogP contribution in [0.4, 0.5) is 13.2 Å². The lowest BCUT2D eigenvalue weighted by atomic mass is 9.58. The predicted molar refractivity (Wildman–Crippen MR) is 149 cm³/mol. The van der Waals surface area contributed by atoms with E-state index in [4.69, 9.17) is 0 Å². The number of hydrogen-bond donors (Lipinski definition) is 0. The molecule has 0 amide bonds. The molecule has 2 nitrogen and oxygen atoms in total. The molecule has 6 aliphatic rings. The zero-order valence-corrected chi connectivity index (χ0v) is 24.3. The first kappa shape index (κ1) is 28.0. The Labute approximate surface area is 235 Å². The molecular formula is C31H45F3O2S2. The van der Waals surface area contributed by atoms with Crippen LogP contribution in [0.3, 0.4) is 0 Å². The van der Waals surface area contributed by atoms with Gasteiger partial charge in [-0.3, -0.25) is 9.59 Å². The molecule has 0 N–H and O–H groups in total. The number of ketones is 2. The van der Waals surface area contributed by atoms with Crippen molar-refractivity contribution in [3.05, 3.63) is 0 Å². The zero-order valence-electron chi connectivity index (χ0n) is 22.6. The summed E-state index contributed by atoms with van der Waals surface area (Å²) in [6, 6.07) is 0. The Kier molecular flexibility index (Phi) is 8.54. The summed E-state index contributed by atoms with van der Waals surface area (Å²) in [7, 11) is 0. The normalized spacial score (nSPS) is 44.7. The van der Waals surface area contributed by atoms with Crippen LogP contribution < -0.4 is 0 Å². The highest BCUT2D eigenvalue weighted by Crippen LogP contribution is 2.55. The van der Waals surface area contributed by atoms with E-state index in [-0.39, 0.29) is 34.8 Å². The van der Waals surface area contributed by atoms with Crippen LogP contribution in [-0.4, -0.2) is 38.7 Å². The Morgan fingerprint density at radius 2 is 1.13 bits per heavy atom. The highest BCUT2D eigenvalue weighted by atomic mass is 32.2. The highest BCUT2D eigenvalue weighted by molar-refractivity contribution is 8.00. The third-order valence-electron chi connectivity index (χ3n) is 11.4. The third-order valence-corrected chi connectivity index (χ3v) is 14.8. The Morgan fingerprint density at radius 1 is 0.553 bits per heavy atom. The molecule has 0 spiro atoms. The lowest BCUT2D eigenvalue weighted by Gasteiger charge is -2.50. The number of fused-ring (bicyclic) bond motifs is 3. The van der Waals surface area contributed by atoms with E-state index in [1.807, 2.05) is 11.8 Å². The molecule has 0 saturated heterocycles. The van der Waals surface area contributed by atoms with Crippen molar-refractivity contribution in [1.29, 1.82) is 0 Å². The lowest BCUT2D eigenvalue weighted by molar-refractivity contribution is -0.190. The van der Waals surface area contributed by atoms with E-state index >= 15 is 0 Å². The lowest BCUT2D eigenvalue weighted by Crippen LogP contribution is -2.56. The van der Waals surface area contributed by atoms with Crippen LogP contribution in [-0.2, 0) is 9.59 Å². The Morgan fingerprint density at radius 3 is 1.74 bits per heavy atom. The average molecular weight is 571 g/mol. The summed E-state index contributed by atoms with van der Waals surface area (Å²) in [5, 5.41) is 1.51. The summed E-state index contributed by atoms with van der Waals surface area (Å²) in [6.45, 7) is 0. The van der Waals surface area contributed by atoms with Gasteiger partial charge < -0.3 is 0 Å². The number of rotatable bonds is 4. The molecule has 0 aromatic carbocycles. The maximum absolute atomic E-state index is 14.1. The molecule has 6 saturated carbocycles. The van der Waals surface area contributed by atoms with Crippen molar-refractivity contribution in [3.8, 4) is 0 Å². The molecular weight excluding hydrogens is 525 g/mol. The highest BCUT2D eigenvalue weighted by Gasteiger charge is 2.56. The standard InChI is InChI=1S/C31H45F3O2S2/c32-31(33,34)20-14-12-18-13-15-22(17-19(18)16-20)38-26-11-5-9-24-28(26)30(36)23-8-4-10-25(27(23)29(24)35)37-21-6-2-1-3-7-21/h18-28H,1-17H2. The van der Waals surface area contributed by atoms with Crippen LogP contribution in [0.15, 0.2) is 0 Å². The molecule has 0 aliphatic heterocycles. The van der Waals surface area contributed by atoms with Crippen LogP contribution in [0.25, 0.3) is 0 Å². The van der Waals surface area contributed by atoms with E-state index in [0.717, 1.165) is 64.2 Å². The number of carbonyl (C=O) groups excluding carboxylic acids is 2. The molecule has 0 bridgehead atoms. The number of thioether (sulfide) groups is 2. The van der Waals surface area contributed by atoms with Gasteiger partial charge in [0, 0.05) is 44.7 Å². The molecule has 10 unspecified atom stereocenters. The van der Waals surface area contributed by atoms with Crippen molar-refractivity contribution in [2.24, 2.45) is 41.4 Å². The van der Waals surface area contributed by atoms with E-state index in [1.54, 1.807) is 0 Å². The summed E-state index contributed by atoms with van der Waals surface area (Å²) in [5.41, 5.74) is 0. The van der Waals surface area contributed by atoms with Gasteiger partial charge in [-0.15, -0.1) is 0 Å². The molecule has 6 fully saturated rings.